The molecular formula is C59H54N4O. The number of phenols is 1. The molecule has 0 radical (unpaired) electrons. The molecule has 0 aliphatic heterocycles. The zero-order valence-electron chi connectivity index (χ0n) is 38.0. The summed E-state index contributed by atoms with van der Waals surface area (Å²) in [4.78, 5) is 10.8. The fraction of sp³-hybridized carbons (Fsp3) is 0.186. The van der Waals surface area contributed by atoms with Gasteiger partial charge in [-0.1, -0.05) is 165 Å². The summed E-state index contributed by atoms with van der Waals surface area (Å²) in [6.07, 6.45) is 1.95. The van der Waals surface area contributed by atoms with E-state index in [9.17, 15) is 5.11 Å². The molecule has 0 aliphatic carbocycles. The molecule has 0 amide bonds. The van der Waals surface area contributed by atoms with Gasteiger partial charge < -0.3 is 9.67 Å². The Bertz CT molecular complexity index is 3360. The third-order valence-electron chi connectivity index (χ3n) is 13.1. The highest BCUT2D eigenvalue weighted by Crippen LogP contribution is 2.46. The van der Waals surface area contributed by atoms with E-state index in [1.54, 1.807) is 0 Å². The van der Waals surface area contributed by atoms with Gasteiger partial charge in [0.1, 0.15) is 11.6 Å². The summed E-state index contributed by atoms with van der Waals surface area (Å²) < 4.78 is 4.56. The summed E-state index contributed by atoms with van der Waals surface area (Å²) >= 11 is 0. The highest BCUT2D eigenvalue weighted by Gasteiger charge is 2.30. The van der Waals surface area contributed by atoms with Gasteiger partial charge in [-0.25, -0.2) is 4.98 Å². The van der Waals surface area contributed by atoms with E-state index >= 15 is 0 Å². The van der Waals surface area contributed by atoms with Crippen molar-refractivity contribution in [3.8, 4) is 50.9 Å². The van der Waals surface area contributed by atoms with Crippen LogP contribution in [0.1, 0.15) is 77.6 Å². The molecular weight excluding hydrogens is 781 g/mol. The quantitative estimate of drug-likeness (QED) is 0.174. The first-order valence-corrected chi connectivity index (χ1v) is 22.3. The molecule has 10 aromatic rings. The molecule has 5 heteroatoms. The van der Waals surface area contributed by atoms with Crippen LogP contribution in [0.4, 0.5) is 0 Å². The summed E-state index contributed by atoms with van der Waals surface area (Å²) in [5, 5.41) is 14.6. The van der Waals surface area contributed by atoms with Crippen LogP contribution in [-0.2, 0) is 16.2 Å². The molecule has 316 valence electrons. The number of fused-ring (bicyclic) bond motifs is 4. The van der Waals surface area contributed by atoms with E-state index in [1.807, 2.05) is 12.3 Å². The van der Waals surface area contributed by atoms with Crippen molar-refractivity contribution in [2.75, 3.05) is 0 Å². The lowest BCUT2D eigenvalue weighted by Gasteiger charge is -2.27. The summed E-state index contributed by atoms with van der Waals surface area (Å²) in [5.41, 5.74) is 14.5. The summed E-state index contributed by atoms with van der Waals surface area (Å²) in [5.74, 6) is 0.959. The van der Waals surface area contributed by atoms with E-state index in [0.29, 0.717) is 11.4 Å². The maximum atomic E-state index is 12.3. The zero-order valence-corrected chi connectivity index (χ0v) is 38.0. The predicted molar refractivity (Wildman–Crippen MR) is 267 cm³/mol. The van der Waals surface area contributed by atoms with Crippen LogP contribution in [0.5, 0.6) is 5.75 Å². The Balaban J connectivity index is 1.28. The van der Waals surface area contributed by atoms with Gasteiger partial charge in [0.15, 0.2) is 0 Å². The monoisotopic (exact) mass is 834 g/mol. The maximum absolute atomic E-state index is 12.3. The fourth-order valence-corrected chi connectivity index (χ4v) is 9.45. The molecule has 0 atom stereocenters. The van der Waals surface area contributed by atoms with Gasteiger partial charge in [-0.3, -0.25) is 9.55 Å². The molecule has 0 aliphatic rings. The van der Waals surface area contributed by atoms with Crippen molar-refractivity contribution in [2.45, 2.75) is 71.6 Å². The number of imidazole rings is 1. The van der Waals surface area contributed by atoms with Crippen LogP contribution in [0, 0.1) is 0 Å². The fourth-order valence-electron chi connectivity index (χ4n) is 9.45. The number of pyridine rings is 1. The first kappa shape index (κ1) is 40.8. The van der Waals surface area contributed by atoms with Gasteiger partial charge >= 0.3 is 0 Å². The number of hydrogen-bond acceptors (Lipinski definition) is 3. The molecule has 3 aromatic heterocycles. The van der Waals surface area contributed by atoms with Crippen molar-refractivity contribution < 1.29 is 5.11 Å². The highest BCUT2D eigenvalue weighted by molar-refractivity contribution is 6.15. The Labute approximate surface area is 376 Å². The second-order valence-electron chi connectivity index (χ2n) is 19.7. The number of phenolic OH excluding ortho intramolecular Hbond substituents is 1. The van der Waals surface area contributed by atoms with Crippen LogP contribution in [-0.4, -0.2) is 24.2 Å². The molecule has 0 spiro atoms. The lowest BCUT2D eigenvalue weighted by atomic mass is 9.76. The van der Waals surface area contributed by atoms with Crippen molar-refractivity contribution in [3.05, 3.63) is 198 Å². The Morgan fingerprint density at radius 2 is 1.08 bits per heavy atom. The van der Waals surface area contributed by atoms with E-state index in [1.165, 1.54) is 11.1 Å². The number of nitrogens with zero attached hydrogens (tertiary/aromatic N) is 4. The van der Waals surface area contributed by atoms with Gasteiger partial charge in [0.25, 0.3) is 0 Å². The third-order valence-corrected chi connectivity index (χ3v) is 13.1. The van der Waals surface area contributed by atoms with E-state index < -0.39 is 0 Å². The summed E-state index contributed by atoms with van der Waals surface area (Å²) in [7, 11) is 0. The highest BCUT2D eigenvalue weighted by atomic mass is 16.3. The molecule has 64 heavy (non-hydrogen) atoms. The largest absolute Gasteiger partial charge is 0.507 e. The van der Waals surface area contributed by atoms with Crippen molar-refractivity contribution >= 4 is 32.8 Å². The van der Waals surface area contributed by atoms with Gasteiger partial charge in [-0.05, 0) is 93.7 Å². The zero-order chi connectivity index (χ0) is 44.5. The number of rotatable bonds is 7. The van der Waals surface area contributed by atoms with Gasteiger partial charge in [-0.2, -0.15) is 0 Å². The first-order valence-electron chi connectivity index (χ1n) is 22.3. The van der Waals surface area contributed by atoms with Crippen LogP contribution in [0.3, 0.4) is 0 Å². The van der Waals surface area contributed by atoms with Crippen LogP contribution in [0.25, 0.3) is 78.0 Å². The Kier molecular flexibility index (Phi) is 9.72. The molecule has 0 saturated heterocycles. The van der Waals surface area contributed by atoms with Crippen molar-refractivity contribution in [3.63, 3.8) is 0 Å². The molecule has 7 aromatic carbocycles. The standard InChI is InChI=1S/C59H54N4O/c1-57(2,3)41-36-47(55(64)48(37-41)58(4,5)6)56-61-54-45(28-20-30-51(54)63(56)44-25-16-11-17-26-44)38-33-39(35-42(34-38)59(7,8)40-21-12-9-13-22-40)53-52-46-27-18-19-29-49(46)62(50(52)31-32-60-53)43-23-14-10-15-24-43/h9-37,64H,1-8H3. The number of benzene rings is 7. The van der Waals surface area contributed by atoms with Crippen molar-refractivity contribution in [1.82, 2.24) is 19.1 Å². The molecule has 5 nitrogen and oxygen atoms in total. The Morgan fingerprint density at radius 1 is 0.469 bits per heavy atom. The van der Waals surface area contributed by atoms with E-state index in [0.717, 1.165) is 77.7 Å². The first-order chi connectivity index (χ1) is 30.7. The molecule has 10 rings (SSSR count). The molecule has 0 bridgehead atoms. The predicted octanol–water partition coefficient (Wildman–Crippen LogP) is 15.1. The average Bonchev–Trinajstić information content (AvgIpc) is 3.85. The normalized spacial score (nSPS) is 12.4. The van der Waals surface area contributed by atoms with Crippen LogP contribution >= 0.6 is 0 Å². The summed E-state index contributed by atoms with van der Waals surface area (Å²) in [6, 6.07) is 60.3. The van der Waals surface area contributed by atoms with Crippen molar-refractivity contribution in [2.24, 2.45) is 0 Å². The molecule has 3 heterocycles. The van der Waals surface area contributed by atoms with Crippen molar-refractivity contribution in [1.29, 1.82) is 0 Å². The Morgan fingerprint density at radius 3 is 1.75 bits per heavy atom. The van der Waals surface area contributed by atoms with E-state index in [4.69, 9.17) is 9.97 Å². The molecule has 1 N–H and O–H groups in total. The lowest BCUT2D eigenvalue weighted by Crippen LogP contribution is -2.19. The number of hydrogen-bond donors (Lipinski definition) is 1. The van der Waals surface area contributed by atoms with Crippen LogP contribution < -0.4 is 0 Å². The number of para-hydroxylation sites is 4. The minimum Gasteiger partial charge on any atom is -0.507 e. The smallest absolute Gasteiger partial charge is 0.149 e. The average molecular weight is 835 g/mol. The van der Waals surface area contributed by atoms with Gasteiger partial charge in [0, 0.05) is 50.4 Å². The van der Waals surface area contributed by atoms with Gasteiger partial charge in [0.05, 0.1) is 33.3 Å². The topological polar surface area (TPSA) is 55.9 Å². The van der Waals surface area contributed by atoms with Gasteiger partial charge in [0.2, 0.25) is 0 Å². The Hall–Kier alpha value is -7.24. The summed E-state index contributed by atoms with van der Waals surface area (Å²) in [6.45, 7) is 17.8. The number of aromatic nitrogens is 4. The number of aromatic hydroxyl groups is 1. The van der Waals surface area contributed by atoms with Crippen LogP contribution in [0.15, 0.2) is 176 Å². The van der Waals surface area contributed by atoms with Gasteiger partial charge in [-0.15, -0.1) is 0 Å². The second-order valence-corrected chi connectivity index (χ2v) is 19.7. The third kappa shape index (κ3) is 6.87. The lowest BCUT2D eigenvalue weighted by molar-refractivity contribution is 0.446. The second kappa shape index (κ2) is 15.2. The van der Waals surface area contributed by atoms with E-state index in [-0.39, 0.29) is 22.0 Å². The molecule has 0 fully saturated rings. The van der Waals surface area contributed by atoms with Crippen LogP contribution in [0.2, 0.25) is 0 Å². The molecule has 0 unspecified atom stereocenters. The van der Waals surface area contributed by atoms with E-state index in [2.05, 4.69) is 228 Å². The maximum Gasteiger partial charge on any atom is 0.149 e. The molecule has 0 saturated carbocycles. The SMILES string of the molecule is CC(C)(C)c1cc(-c2nc3c(-c4cc(-c5nccc6c5c5ccccc5n6-c5ccccc5)cc(C(C)(C)c5ccccc5)c4)cccc3n2-c2ccccc2)c(O)c(C(C)(C)C)c1. The minimum absolute atomic E-state index is 0.163. The minimum atomic E-state index is -0.358.